The summed E-state index contributed by atoms with van der Waals surface area (Å²) in [6.45, 7) is 2.12. The van der Waals surface area contributed by atoms with Gasteiger partial charge in [-0.3, -0.25) is 4.79 Å². The molecule has 3 heteroatoms. The average Bonchev–Trinajstić information content (AvgIpc) is 2.32. The molecule has 0 aliphatic heterocycles. The first-order chi connectivity index (χ1) is 8.26. The van der Waals surface area contributed by atoms with Gasteiger partial charge in [-0.05, 0) is 24.1 Å². The van der Waals surface area contributed by atoms with Gasteiger partial charge in [-0.1, -0.05) is 31.9 Å². The predicted octanol–water partition coefficient (Wildman–Crippen LogP) is 3.27. The van der Waals surface area contributed by atoms with E-state index >= 15 is 0 Å². The standard InChI is InChI=1S/C14H18N2O/c1-2-3-4-5-14(17)16-13-8-6-12(7-9-13)10-11-15/h6-9H,2-5,10H2,1H3,(H,16,17). The minimum Gasteiger partial charge on any atom is -0.326 e. The third-order valence-corrected chi connectivity index (χ3v) is 2.53. The van der Waals surface area contributed by atoms with E-state index in [0.29, 0.717) is 12.8 Å². The first-order valence-electron chi connectivity index (χ1n) is 6.02. The second-order valence-corrected chi connectivity index (χ2v) is 4.04. The van der Waals surface area contributed by atoms with Gasteiger partial charge in [0, 0.05) is 12.1 Å². The highest BCUT2D eigenvalue weighted by molar-refractivity contribution is 5.90. The number of unbranched alkanes of at least 4 members (excludes halogenated alkanes) is 2. The Bertz CT molecular complexity index is 390. The summed E-state index contributed by atoms with van der Waals surface area (Å²) in [4.78, 5) is 11.5. The zero-order valence-corrected chi connectivity index (χ0v) is 10.2. The molecule has 1 rings (SSSR count). The first kappa shape index (κ1) is 13.2. The van der Waals surface area contributed by atoms with Crippen molar-refractivity contribution in [3.63, 3.8) is 0 Å². The summed E-state index contributed by atoms with van der Waals surface area (Å²) in [7, 11) is 0. The molecule has 0 aliphatic rings. The smallest absolute Gasteiger partial charge is 0.224 e. The number of carbonyl (C=O) groups is 1. The van der Waals surface area contributed by atoms with Gasteiger partial charge in [0.2, 0.25) is 5.91 Å². The van der Waals surface area contributed by atoms with Gasteiger partial charge in [-0.2, -0.15) is 5.26 Å². The minimum absolute atomic E-state index is 0.0616. The van der Waals surface area contributed by atoms with Crippen molar-refractivity contribution in [1.82, 2.24) is 0 Å². The van der Waals surface area contributed by atoms with Crippen LogP contribution in [0.4, 0.5) is 5.69 Å². The number of benzene rings is 1. The Morgan fingerprint density at radius 3 is 2.59 bits per heavy atom. The van der Waals surface area contributed by atoms with E-state index in [0.717, 1.165) is 30.5 Å². The maximum atomic E-state index is 11.5. The lowest BCUT2D eigenvalue weighted by Crippen LogP contribution is -2.10. The van der Waals surface area contributed by atoms with Gasteiger partial charge >= 0.3 is 0 Å². The molecule has 0 unspecified atom stereocenters. The molecule has 1 amide bonds. The molecule has 0 aliphatic carbocycles. The number of hydrogen-bond acceptors (Lipinski definition) is 2. The molecule has 3 nitrogen and oxygen atoms in total. The molecule has 1 aromatic carbocycles. The number of carbonyl (C=O) groups excluding carboxylic acids is 1. The van der Waals surface area contributed by atoms with Crippen LogP contribution in [0, 0.1) is 11.3 Å². The maximum absolute atomic E-state index is 11.5. The fourth-order valence-electron chi connectivity index (χ4n) is 1.56. The monoisotopic (exact) mass is 230 g/mol. The summed E-state index contributed by atoms with van der Waals surface area (Å²) >= 11 is 0. The van der Waals surface area contributed by atoms with Gasteiger partial charge in [0.25, 0.3) is 0 Å². The second-order valence-electron chi connectivity index (χ2n) is 4.04. The minimum atomic E-state index is 0.0616. The Morgan fingerprint density at radius 2 is 2.00 bits per heavy atom. The quantitative estimate of drug-likeness (QED) is 0.762. The van der Waals surface area contributed by atoms with Crippen LogP contribution in [0.5, 0.6) is 0 Å². The largest absolute Gasteiger partial charge is 0.326 e. The van der Waals surface area contributed by atoms with E-state index in [9.17, 15) is 4.79 Å². The van der Waals surface area contributed by atoms with Crippen molar-refractivity contribution in [2.45, 2.75) is 39.0 Å². The molecule has 0 atom stereocenters. The zero-order valence-electron chi connectivity index (χ0n) is 10.2. The number of nitrogens with zero attached hydrogens (tertiary/aromatic N) is 1. The Hall–Kier alpha value is -1.82. The highest BCUT2D eigenvalue weighted by atomic mass is 16.1. The second kappa shape index (κ2) is 7.45. The van der Waals surface area contributed by atoms with E-state index in [-0.39, 0.29) is 5.91 Å². The van der Waals surface area contributed by atoms with Crippen molar-refractivity contribution in [3.8, 4) is 6.07 Å². The number of amides is 1. The molecule has 1 aromatic rings. The summed E-state index contributed by atoms with van der Waals surface area (Å²) in [6, 6.07) is 9.50. The highest BCUT2D eigenvalue weighted by Crippen LogP contribution is 2.11. The maximum Gasteiger partial charge on any atom is 0.224 e. The van der Waals surface area contributed by atoms with Gasteiger partial charge in [0.05, 0.1) is 12.5 Å². The lowest BCUT2D eigenvalue weighted by Gasteiger charge is -2.05. The molecule has 1 N–H and O–H groups in total. The van der Waals surface area contributed by atoms with Crippen LogP contribution in [0.3, 0.4) is 0 Å². The fourth-order valence-corrected chi connectivity index (χ4v) is 1.56. The Morgan fingerprint density at radius 1 is 1.29 bits per heavy atom. The van der Waals surface area contributed by atoms with E-state index in [2.05, 4.69) is 18.3 Å². The van der Waals surface area contributed by atoms with Gasteiger partial charge in [-0.25, -0.2) is 0 Å². The molecular formula is C14H18N2O. The van der Waals surface area contributed by atoms with Crippen molar-refractivity contribution in [3.05, 3.63) is 29.8 Å². The first-order valence-corrected chi connectivity index (χ1v) is 6.02. The average molecular weight is 230 g/mol. The van der Waals surface area contributed by atoms with Crippen LogP contribution in [-0.4, -0.2) is 5.91 Å². The predicted molar refractivity (Wildman–Crippen MR) is 68.5 cm³/mol. The summed E-state index contributed by atoms with van der Waals surface area (Å²) in [5.41, 5.74) is 1.77. The van der Waals surface area contributed by atoms with Gasteiger partial charge in [0.15, 0.2) is 0 Å². The van der Waals surface area contributed by atoms with Crippen molar-refractivity contribution in [2.24, 2.45) is 0 Å². The van der Waals surface area contributed by atoms with E-state index < -0.39 is 0 Å². The van der Waals surface area contributed by atoms with Gasteiger partial charge < -0.3 is 5.32 Å². The zero-order chi connectivity index (χ0) is 12.5. The van der Waals surface area contributed by atoms with Crippen molar-refractivity contribution in [2.75, 3.05) is 5.32 Å². The van der Waals surface area contributed by atoms with Crippen LogP contribution in [0.2, 0.25) is 0 Å². The normalized spacial score (nSPS) is 9.65. The fraction of sp³-hybridized carbons (Fsp3) is 0.429. The van der Waals surface area contributed by atoms with Gasteiger partial charge in [-0.15, -0.1) is 0 Å². The molecule has 90 valence electrons. The Kier molecular flexibility index (Phi) is 5.81. The van der Waals surface area contributed by atoms with Crippen LogP contribution in [0.25, 0.3) is 0 Å². The lowest BCUT2D eigenvalue weighted by molar-refractivity contribution is -0.116. The topological polar surface area (TPSA) is 52.9 Å². The van der Waals surface area contributed by atoms with E-state index in [4.69, 9.17) is 5.26 Å². The van der Waals surface area contributed by atoms with E-state index in [1.54, 1.807) is 0 Å². The Balaban J connectivity index is 2.41. The van der Waals surface area contributed by atoms with E-state index in [1.807, 2.05) is 24.3 Å². The van der Waals surface area contributed by atoms with Crippen LogP contribution in [0.15, 0.2) is 24.3 Å². The van der Waals surface area contributed by atoms with Gasteiger partial charge in [0.1, 0.15) is 0 Å². The van der Waals surface area contributed by atoms with Crippen LogP contribution < -0.4 is 5.32 Å². The van der Waals surface area contributed by atoms with Crippen molar-refractivity contribution >= 4 is 11.6 Å². The molecule has 0 saturated heterocycles. The number of hydrogen-bond donors (Lipinski definition) is 1. The van der Waals surface area contributed by atoms with Crippen molar-refractivity contribution in [1.29, 1.82) is 5.26 Å². The summed E-state index contributed by atoms with van der Waals surface area (Å²) in [6.07, 6.45) is 4.14. The summed E-state index contributed by atoms with van der Waals surface area (Å²) < 4.78 is 0. The molecule has 0 bridgehead atoms. The molecule has 0 radical (unpaired) electrons. The molecule has 0 heterocycles. The summed E-state index contributed by atoms with van der Waals surface area (Å²) in [5, 5.41) is 11.4. The molecule has 17 heavy (non-hydrogen) atoms. The van der Waals surface area contributed by atoms with Crippen LogP contribution >= 0.6 is 0 Å². The third kappa shape index (κ3) is 5.17. The highest BCUT2D eigenvalue weighted by Gasteiger charge is 2.01. The SMILES string of the molecule is CCCCCC(=O)Nc1ccc(CC#N)cc1. The van der Waals surface area contributed by atoms with Crippen LogP contribution in [-0.2, 0) is 11.2 Å². The molecule has 0 spiro atoms. The summed E-state index contributed by atoms with van der Waals surface area (Å²) in [5.74, 6) is 0.0616. The van der Waals surface area contributed by atoms with E-state index in [1.165, 1.54) is 0 Å². The van der Waals surface area contributed by atoms with Crippen molar-refractivity contribution < 1.29 is 4.79 Å². The molecule has 0 aromatic heterocycles. The Labute approximate surface area is 102 Å². The number of nitrogens with one attached hydrogen (secondary N) is 1. The molecular weight excluding hydrogens is 212 g/mol. The third-order valence-electron chi connectivity index (χ3n) is 2.53. The molecule has 0 fully saturated rings. The number of anilines is 1. The lowest BCUT2D eigenvalue weighted by atomic mass is 10.1. The number of nitriles is 1. The number of rotatable bonds is 6. The van der Waals surface area contributed by atoms with Crippen LogP contribution in [0.1, 0.15) is 38.2 Å². The molecule has 0 saturated carbocycles.